The molecule has 0 bridgehead atoms. The fourth-order valence-electron chi connectivity index (χ4n) is 4.34. The van der Waals surface area contributed by atoms with Crippen LogP contribution >= 0.6 is 24.4 Å². The minimum absolute atomic E-state index is 0.00926. The Morgan fingerprint density at radius 1 is 0.686 bits per heavy atom. The number of aliphatic carboxylic acids is 1. The molecule has 0 aromatic heterocycles. The maximum Gasteiger partial charge on any atom is 0.409 e. The second-order valence-corrected chi connectivity index (χ2v) is 20.5. The lowest BCUT2D eigenvalue weighted by Gasteiger charge is -2.22. The number of carboxylic acid groups (broad SMARTS) is 1. The fourth-order valence-corrected chi connectivity index (χ4v) is 5.36. The smallest absolute Gasteiger partial charge is 0.409 e. The molecule has 70 heavy (non-hydrogen) atoms. The Morgan fingerprint density at radius 3 is 1.31 bits per heavy atom. The minimum atomic E-state index is -1.06. The summed E-state index contributed by atoms with van der Waals surface area (Å²) < 4.78 is 14.9. The number of hydrogen-bond acceptors (Lipinski definition) is 17. The van der Waals surface area contributed by atoms with Crippen LogP contribution in [0.5, 0.6) is 0 Å². The molecule has 13 N–H and O–H groups in total. The Hall–Kier alpha value is -3.61. The number of aliphatic hydroxyl groups is 3. The topological polar surface area (TPSA) is 340 Å². The predicted molar refractivity (Wildman–Crippen MR) is 281 cm³/mol. The van der Waals surface area contributed by atoms with Gasteiger partial charge in [-0.1, -0.05) is 53.3 Å². The van der Waals surface area contributed by atoms with Crippen molar-refractivity contribution >= 4 is 65.6 Å². The molecule has 23 heteroatoms. The number of thioether (sulfide) groups is 1. The Morgan fingerprint density at radius 2 is 1.10 bits per heavy atom. The van der Waals surface area contributed by atoms with Crippen LogP contribution < -0.4 is 38.1 Å². The van der Waals surface area contributed by atoms with Crippen molar-refractivity contribution in [3.8, 4) is 0 Å². The number of nitrogens with one attached hydrogen (secondary N) is 5. The number of carboxylic acids is 1. The molecule has 0 aliphatic carbocycles. The van der Waals surface area contributed by atoms with E-state index in [-0.39, 0.29) is 48.3 Å². The van der Waals surface area contributed by atoms with Crippen molar-refractivity contribution in [1.29, 1.82) is 0 Å². The second kappa shape index (κ2) is 43.0. The zero-order valence-corrected chi connectivity index (χ0v) is 47.0. The minimum Gasteiger partial charge on any atom is -0.480 e. The van der Waals surface area contributed by atoms with Crippen molar-refractivity contribution in [2.75, 3.05) is 24.7 Å². The van der Waals surface area contributed by atoms with E-state index in [0.29, 0.717) is 37.1 Å². The first-order chi connectivity index (χ1) is 32.1. The van der Waals surface area contributed by atoms with E-state index in [1.54, 1.807) is 55.4 Å². The van der Waals surface area contributed by atoms with Crippen LogP contribution in [0.15, 0.2) is 0 Å². The summed E-state index contributed by atoms with van der Waals surface area (Å²) in [6.45, 7) is 29.1. The van der Waals surface area contributed by atoms with Gasteiger partial charge in [0, 0.05) is 55.4 Å². The van der Waals surface area contributed by atoms with E-state index in [0.717, 1.165) is 50.7 Å². The van der Waals surface area contributed by atoms with Gasteiger partial charge >= 0.3 is 24.2 Å². The van der Waals surface area contributed by atoms with E-state index < -0.39 is 53.3 Å². The zero-order chi connectivity index (χ0) is 55.8. The van der Waals surface area contributed by atoms with Gasteiger partial charge in [-0.2, -0.15) is 12.6 Å². The van der Waals surface area contributed by atoms with E-state index in [4.69, 9.17) is 46.1 Å². The van der Waals surface area contributed by atoms with Gasteiger partial charge in [-0.3, -0.25) is 19.7 Å². The molecule has 5 amide bonds. The number of carbonyl (C=O) groups excluding carboxylic acids is 6. The number of thiol groups is 1. The standard InChI is InChI=1S/C11H21NO3S.C9H17NO4.C8H17NO3.C6H11NO.C5H9NO2.C4H11NO.C4H11NS/c1-6-9(7-16-8(2)13)12-10(14)15-11(3,4)5;1-5-6(7(11)12)10-8(13)14-9(2,3)4;1-5-6(10)9-7(11)12-8(2,3)4;1-2-5-3-4-6(8)7-5;7-3-4-1-2-5(8)6-4;2*1-2-4(5)3-6/h9H,6-7H2,1-5H3,(H,12,14);6H,5H2,1-4H3,(H,10,13)(H,11,12);6,10H,5H2,1-4H3,(H,9,11);5H,2-4H2,1H3,(H,7,8);4,7H,1-3H2,(H,6,8);2*4,6H,2-3,5H2,1H3/t9-;2*6-;5-;3*4-/m0010100/s1. The van der Waals surface area contributed by atoms with Crippen molar-refractivity contribution in [2.45, 2.75) is 234 Å². The molecular formula is C47H97N7O14S2. The molecule has 7 atom stereocenters. The molecule has 0 aromatic carbocycles. The maximum atomic E-state index is 11.4. The van der Waals surface area contributed by atoms with Gasteiger partial charge in [0.1, 0.15) is 29.1 Å². The maximum absolute atomic E-state index is 11.4. The normalized spacial score (nSPS) is 16.9. The molecule has 0 aromatic rings. The fraction of sp³-hybridized carbons (Fsp3) is 0.851. The number of rotatable bonds is 15. The van der Waals surface area contributed by atoms with Crippen LogP contribution in [0, 0.1) is 0 Å². The SMILES string of the molecule is CC[C@@H](CSC(C)=O)NC(=O)OC(C)(C)C.CC[C@@H](O)NC(=O)OC(C)(C)C.CC[C@H](N)CO.CC[C@H](N)CS.CC[C@H](NC(=O)OC(C)(C)C)C(=O)O.CC[C@H]1CCC(=O)N1.O=C1CC[C@H](CO)N1. The third-order valence-electron chi connectivity index (χ3n) is 8.57. The van der Waals surface area contributed by atoms with Crippen LogP contribution in [0.1, 0.15) is 175 Å². The molecule has 2 rings (SSSR count). The Balaban J connectivity index is -0.000000241. The van der Waals surface area contributed by atoms with Gasteiger partial charge in [0.2, 0.25) is 11.8 Å². The van der Waals surface area contributed by atoms with Crippen LogP contribution in [0.4, 0.5) is 14.4 Å². The first-order valence-corrected chi connectivity index (χ1v) is 25.7. The Labute approximate surface area is 429 Å². The third kappa shape index (κ3) is 55.3. The number of hydrogen-bond donors (Lipinski definition) is 12. The molecule has 2 aliphatic heterocycles. The monoisotopic (exact) mass is 1050 g/mol. The number of alkyl carbamates (subject to hydrolysis) is 3. The third-order valence-corrected chi connectivity index (χ3v) is 10.0. The van der Waals surface area contributed by atoms with Gasteiger partial charge in [-0.15, -0.1) is 0 Å². The van der Waals surface area contributed by atoms with E-state index in [9.17, 15) is 33.6 Å². The lowest BCUT2D eigenvalue weighted by molar-refractivity contribution is -0.139. The molecule has 0 radical (unpaired) electrons. The van der Waals surface area contributed by atoms with E-state index in [1.807, 2.05) is 34.6 Å². The number of carbonyl (C=O) groups is 7. The lowest BCUT2D eigenvalue weighted by atomic mass is 10.2. The van der Waals surface area contributed by atoms with Crippen LogP contribution in [-0.4, -0.2) is 146 Å². The highest BCUT2D eigenvalue weighted by Gasteiger charge is 2.23. The number of amides is 5. The summed E-state index contributed by atoms with van der Waals surface area (Å²) in [5.41, 5.74) is 9.00. The summed E-state index contributed by atoms with van der Waals surface area (Å²) in [5, 5.41) is 47.2. The van der Waals surface area contributed by atoms with Crippen LogP contribution in [0.25, 0.3) is 0 Å². The molecule has 21 nitrogen and oxygen atoms in total. The highest BCUT2D eigenvalue weighted by atomic mass is 32.2. The van der Waals surface area contributed by atoms with E-state index in [2.05, 4.69) is 53.1 Å². The van der Waals surface area contributed by atoms with Gasteiger partial charge in [0.05, 0.1) is 19.3 Å². The highest BCUT2D eigenvalue weighted by Crippen LogP contribution is 2.11. The Kier molecular flexibility index (Phi) is 46.3. The van der Waals surface area contributed by atoms with Gasteiger partial charge in [-0.25, -0.2) is 19.2 Å². The summed E-state index contributed by atoms with van der Waals surface area (Å²) in [5.74, 6) is 0.612. The van der Waals surface area contributed by atoms with Crippen molar-refractivity contribution in [3.05, 3.63) is 0 Å². The molecule has 2 heterocycles. The average Bonchev–Trinajstić information content (AvgIpc) is 3.89. The average molecular weight is 1050 g/mol. The number of ether oxygens (including phenoxy) is 3. The number of nitrogens with two attached hydrogens (primary N) is 2. The molecule has 0 saturated carbocycles. The van der Waals surface area contributed by atoms with E-state index >= 15 is 0 Å². The molecule has 2 saturated heterocycles. The molecular weight excluding hydrogens is 951 g/mol. The second-order valence-electron chi connectivity index (χ2n) is 19.0. The Bertz CT molecular complexity index is 1390. The van der Waals surface area contributed by atoms with Crippen molar-refractivity contribution in [2.24, 2.45) is 11.5 Å². The molecule has 2 aliphatic rings. The summed E-state index contributed by atoms with van der Waals surface area (Å²) in [7, 11) is 0. The van der Waals surface area contributed by atoms with Gasteiger partial charge in [-0.05, 0) is 114 Å². The largest absolute Gasteiger partial charge is 0.480 e. The quantitative estimate of drug-likeness (QED) is 0.0548. The summed E-state index contributed by atoms with van der Waals surface area (Å²) >= 11 is 5.19. The summed E-state index contributed by atoms with van der Waals surface area (Å²) in [6, 6.07) is -0.114. The van der Waals surface area contributed by atoms with Crippen molar-refractivity contribution in [3.63, 3.8) is 0 Å². The van der Waals surface area contributed by atoms with Crippen LogP contribution in [0.3, 0.4) is 0 Å². The first-order valence-electron chi connectivity index (χ1n) is 24.1. The molecule has 0 spiro atoms. The van der Waals surface area contributed by atoms with Gasteiger partial charge in [0.15, 0.2) is 5.12 Å². The predicted octanol–water partition coefficient (Wildman–Crippen LogP) is 5.49. The van der Waals surface area contributed by atoms with Gasteiger partial charge < -0.3 is 67.4 Å². The van der Waals surface area contributed by atoms with Crippen molar-refractivity contribution < 1.29 is 68.2 Å². The van der Waals surface area contributed by atoms with Crippen LogP contribution in [0.2, 0.25) is 0 Å². The van der Waals surface area contributed by atoms with Crippen molar-refractivity contribution in [1.82, 2.24) is 26.6 Å². The summed E-state index contributed by atoms with van der Waals surface area (Å²) in [4.78, 5) is 75.8. The molecule has 416 valence electrons. The first kappa shape index (κ1) is 75.3. The molecule has 0 unspecified atom stereocenters. The van der Waals surface area contributed by atoms with Crippen LogP contribution in [-0.2, 0) is 33.4 Å². The number of aliphatic hydroxyl groups excluding tert-OH is 3. The van der Waals surface area contributed by atoms with Gasteiger partial charge in [0.25, 0.3) is 0 Å². The summed E-state index contributed by atoms with van der Waals surface area (Å²) in [6.07, 6.45) is 5.14. The zero-order valence-electron chi connectivity index (χ0n) is 45.3. The lowest BCUT2D eigenvalue weighted by Crippen LogP contribution is -2.43. The molecule has 2 fully saturated rings. The highest BCUT2D eigenvalue weighted by molar-refractivity contribution is 8.13. The van der Waals surface area contributed by atoms with E-state index in [1.165, 1.54) is 18.7 Å².